The van der Waals surface area contributed by atoms with Crippen molar-refractivity contribution in [2.45, 2.75) is 24.8 Å². The molecule has 2 aromatic carbocycles. The lowest BCUT2D eigenvalue weighted by Gasteiger charge is -2.14. The molecular weight excluding hydrogens is 389 g/mol. The number of carbonyl (C=O) groups excluding carboxylic acids is 2. The Labute approximate surface area is 162 Å². The molecule has 2 aromatic rings. The van der Waals surface area contributed by atoms with Crippen LogP contribution < -0.4 is 9.46 Å². The molecule has 0 saturated carbocycles. The molecule has 1 N–H and O–H groups in total. The average Bonchev–Trinajstić information content (AvgIpc) is 2.66. The molecule has 7 nitrogen and oxygen atoms in total. The molecule has 1 unspecified atom stereocenters. The molecule has 9 heteroatoms. The summed E-state index contributed by atoms with van der Waals surface area (Å²) < 4.78 is 50.3. The number of Topliss-reactive ketones (excluding diaryl/α,β-unsaturated/α-hetero) is 1. The minimum Gasteiger partial charge on any atom is -0.487 e. The highest BCUT2D eigenvalue weighted by atomic mass is 32.2. The van der Waals surface area contributed by atoms with Gasteiger partial charge in [0.25, 0.3) is 0 Å². The zero-order chi connectivity index (χ0) is 20.7. The first-order valence-electron chi connectivity index (χ1n) is 8.38. The van der Waals surface area contributed by atoms with Crippen molar-refractivity contribution in [3.8, 4) is 5.75 Å². The number of esters is 1. The van der Waals surface area contributed by atoms with Crippen LogP contribution in [0.3, 0.4) is 0 Å². The Bertz CT molecular complexity index is 943. The molecular formula is C19H20FNO6S. The first kappa shape index (κ1) is 21.5. The second kappa shape index (κ2) is 9.43. The third kappa shape index (κ3) is 5.86. The normalized spacial score (nSPS) is 12.2. The molecule has 1 atom stereocenters. The second-order valence-corrected chi connectivity index (χ2v) is 7.58. The van der Waals surface area contributed by atoms with Crippen LogP contribution in [-0.2, 0) is 19.6 Å². The van der Waals surface area contributed by atoms with Crippen LogP contribution in [0.1, 0.15) is 24.2 Å². The number of ketones is 1. The maximum Gasteiger partial charge on any atom is 0.324 e. The Balaban J connectivity index is 1.85. The molecule has 0 spiro atoms. The Morgan fingerprint density at radius 2 is 1.71 bits per heavy atom. The quantitative estimate of drug-likeness (QED) is 0.388. The molecule has 0 amide bonds. The number of sulfonamides is 1. The third-order valence-corrected chi connectivity index (χ3v) is 5.24. The van der Waals surface area contributed by atoms with Gasteiger partial charge in [0.05, 0.1) is 4.90 Å². The summed E-state index contributed by atoms with van der Waals surface area (Å²) in [6.45, 7) is 2.45. The van der Waals surface area contributed by atoms with Gasteiger partial charge in [-0.05, 0) is 38.1 Å². The van der Waals surface area contributed by atoms with E-state index in [1.54, 1.807) is 6.07 Å². The van der Waals surface area contributed by atoms with E-state index in [2.05, 4.69) is 4.72 Å². The highest BCUT2D eigenvalue weighted by Crippen LogP contribution is 2.15. The first-order valence-corrected chi connectivity index (χ1v) is 9.86. The van der Waals surface area contributed by atoms with Crippen LogP contribution in [0.4, 0.5) is 4.39 Å². The van der Waals surface area contributed by atoms with E-state index in [0.29, 0.717) is 5.56 Å². The van der Waals surface area contributed by atoms with E-state index in [1.165, 1.54) is 56.3 Å². The molecule has 0 aromatic heterocycles. The van der Waals surface area contributed by atoms with Crippen LogP contribution in [0.15, 0.2) is 53.4 Å². The maximum atomic E-state index is 13.4. The van der Waals surface area contributed by atoms with Crippen molar-refractivity contribution in [1.82, 2.24) is 4.72 Å². The lowest BCUT2D eigenvalue weighted by Crippen LogP contribution is -2.39. The SMILES string of the molecule is CC(=O)c1ccc(S(=O)(=O)NC(C)C(=O)OCCOc2ccccc2F)cc1. The van der Waals surface area contributed by atoms with E-state index in [4.69, 9.17) is 9.47 Å². The van der Waals surface area contributed by atoms with E-state index < -0.39 is 27.9 Å². The van der Waals surface area contributed by atoms with Crippen molar-refractivity contribution in [2.75, 3.05) is 13.2 Å². The smallest absolute Gasteiger partial charge is 0.324 e. The van der Waals surface area contributed by atoms with Gasteiger partial charge < -0.3 is 9.47 Å². The van der Waals surface area contributed by atoms with Crippen LogP contribution in [0, 0.1) is 5.82 Å². The lowest BCUT2D eigenvalue weighted by atomic mass is 10.2. The van der Waals surface area contributed by atoms with Gasteiger partial charge in [0.15, 0.2) is 17.3 Å². The van der Waals surface area contributed by atoms with Crippen molar-refractivity contribution < 1.29 is 31.9 Å². The van der Waals surface area contributed by atoms with Crippen molar-refractivity contribution in [1.29, 1.82) is 0 Å². The number of para-hydroxylation sites is 1. The second-order valence-electron chi connectivity index (χ2n) is 5.87. The van der Waals surface area contributed by atoms with Gasteiger partial charge >= 0.3 is 5.97 Å². The molecule has 0 saturated heterocycles. The molecule has 0 bridgehead atoms. The van der Waals surface area contributed by atoms with Crippen molar-refractivity contribution in [3.05, 3.63) is 59.9 Å². The van der Waals surface area contributed by atoms with Gasteiger partial charge in [-0.2, -0.15) is 4.72 Å². The summed E-state index contributed by atoms with van der Waals surface area (Å²) in [7, 11) is -3.97. The Morgan fingerprint density at radius 1 is 1.07 bits per heavy atom. The van der Waals surface area contributed by atoms with E-state index in [1.807, 2.05) is 0 Å². The van der Waals surface area contributed by atoms with E-state index in [9.17, 15) is 22.4 Å². The largest absolute Gasteiger partial charge is 0.487 e. The molecule has 28 heavy (non-hydrogen) atoms. The average molecular weight is 409 g/mol. The number of hydrogen-bond donors (Lipinski definition) is 1. The summed E-state index contributed by atoms with van der Waals surface area (Å²) >= 11 is 0. The summed E-state index contributed by atoms with van der Waals surface area (Å²) in [5, 5.41) is 0. The molecule has 0 aliphatic carbocycles. The Morgan fingerprint density at radius 3 is 2.32 bits per heavy atom. The summed E-state index contributed by atoms with van der Waals surface area (Å²) in [6, 6.07) is 9.98. The van der Waals surface area contributed by atoms with E-state index in [0.717, 1.165) is 0 Å². The van der Waals surface area contributed by atoms with E-state index in [-0.39, 0.29) is 29.6 Å². The zero-order valence-electron chi connectivity index (χ0n) is 15.3. The topological polar surface area (TPSA) is 98.8 Å². The Hall–Kier alpha value is -2.78. The Kier molecular flexibility index (Phi) is 7.24. The highest BCUT2D eigenvalue weighted by molar-refractivity contribution is 7.89. The van der Waals surface area contributed by atoms with Crippen molar-refractivity contribution in [3.63, 3.8) is 0 Å². The summed E-state index contributed by atoms with van der Waals surface area (Å²) in [5.74, 6) is -1.50. The number of nitrogens with one attached hydrogen (secondary N) is 1. The lowest BCUT2D eigenvalue weighted by molar-refractivity contribution is -0.145. The minimum absolute atomic E-state index is 0.0290. The predicted octanol–water partition coefficient (Wildman–Crippen LogP) is 2.32. The van der Waals surface area contributed by atoms with Gasteiger partial charge in [0, 0.05) is 5.56 Å². The van der Waals surface area contributed by atoms with Gasteiger partial charge in [0.1, 0.15) is 19.3 Å². The number of benzene rings is 2. The van der Waals surface area contributed by atoms with Crippen LogP contribution in [0.25, 0.3) is 0 Å². The number of hydrogen-bond acceptors (Lipinski definition) is 6. The first-order chi connectivity index (χ1) is 13.2. The molecule has 0 radical (unpaired) electrons. The fourth-order valence-corrected chi connectivity index (χ4v) is 3.39. The third-order valence-electron chi connectivity index (χ3n) is 3.68. The standard InChI is InChI=1S/C19H20FNO6S/c1-13(19(23)27-12-11-26-18-6-4-3-5-17(18)20)21-28(24,25)16-9-7-15(8-10-16)14(2)22/h3-10,13,21H,11-12H2,1-2H3. The molecule has 0 heterocycles. The molecule has 0 fully saturated rings. The van der Waals surface area contributed by atoms with E-state index >= 15 is 0 Å². The fraction of sp³-hybridized carbons (Fsp3) is 0.263. The molecule has 0 aliphatic heterocycles. The molecule has 0 aliphatic rings. The van der Waals surface area contributed by atoms with Crippen LogP contribution in [0.5, 0.6) is 5.75 Å². The van der Waals surface area contributed by atoms with Gasteiger partial charge in [0.2, 0.25) is 10.0 Å². The molecule has 2 rings (SSSR count). The van der Waals surface area contributed by atoms with Crippen LogP contribution in [0.2, 0.25) is 0 Å². The van der Waals surface area contributed by atoms with Crippen molar-refractivity contribution >= 4 is 21.8 Å². The van der Waals surface area contributed by atoms with Gasteiger partial charge in [-0.25, -0.2) is 12.8 Å². The number of rotatable bonds is 9. The van der Waals surface area contributed by atoms with Crippen LogP contribution >= 0.6 is 0 Å². The van der Waals surface area contributed by atoms with Crippen molar-refractivity contribution in [2.24, 2.45) is 0 Å². The summed E-state index contributed by atoms with van der Waals surface area (Å²) in [4.78, 5) is 23.1. The van der Waals surface area contributed by atoms with Gasteiger partial charge in [-0.3, -0.25) is 9.59 Å². The monoisotopic (exact) mass is 409 g/mol. The van der Waals surface area contributed by atoms with Gasteiger partial charge in [-0.15, -0.1) is 0 Å². The predicted molar refractivity (Wildman–Crippen MR) is 99.1 cm³/mol. The summed E-state index contributed by atoms with van der Waals surface area (Å²) in [6.07, 6.45) is 0. The number of halogens is 1. The summed E-state index contributed by atoms with van der Waals surface area (Å²) in [5.41, 5.74) is 0.376. The number of ether oxygens (including phenoxy) is 2. The zero-order valence-corrected chi connectivity index (χ0v) is 16.2. The number of carbonyl (C=O) groups is 2. The fourth-order valence-electron chi connectivity index (χ4n) is 2.20. The molecule has 150 valence electrons. The maximum absolute atomic E-state index is 13.4. The van der Waals surface area contributed by atoms with Gasteiger partial charge in [-0.1, -0.05) is 24.3 Å². The van der Waals surface area contributed by atoms with Crippen LogP contribution in [-0.4, -0.2) is 39.4 Å². The highest BCUT2D eigenvalue weighted by Gasteiger charge is 2.23. The minimum atomic E-state index is -3.97.